The molecule has 0 atom stereocenters. The third-order valence-corrected chi connectivity index (χ3v) is 75.0. The van der Waals surface area contributed by atoms with E-state index in [0.29, 0.717) is 21.2 Å². The molecule has 0 aliphatic carbocycles. The van der Waals surface area contributed by atoms with Gasteiger partial charge >= 0.3 is 440 Å². The second kappa shape index (κ2) is 22.7. The predicted octanol–water partition coefficient (Wildman–Crippen LogP) is 17.1. The van der Waals surface area contributed by atoms with E-state index in [0.717, 1.165) is 24.3 Å². The Hall–Kier alpha value is -4.37. The fourth-order valence-corrected chi connectivity index (χ4v) is 84.3. The summed E-state index contributed by atoms with van der Waals surface area (Å²) in [6.45, 7) is 0. The molecule has 0 fully saturated rings. The van der Waals surface area contributed by atoms with E-state index in [-0.39, 0.29) is 10.6 Å². The molecule has 0 saturated heterocycles. The first kappa shape index (κ1) is 67.8. The van der Waals surface area contributed by atoms with Crippen LogP contribution in [-0.2, 0) is 25.8 Å². The average Bonchev–Trinajstić information content (AvgIpc) is 1.11. The summed E-state index contributed by atoms with van der Waals surface area (Å²) in [5.74, 6) is -76.2. The van der Waals surface area contributed by atoms with Crippen LogP contribution >= 0.6 is 29.5 Å². The van der Waals surface area contributed by atoms with Gasteiger partial charge in [0.2, 0.25) is 0 Å². The Balaban J connectivity index is 1.53. The minimum absolute atomic E-state index is 0.164. The summed E-state index contributed by atoms with van der Waals surface area (Å²) in [6, 6.07) is 40.1. The van der Waals surface area contributed by atoms with Crippen LogP contribution in [0.2, 0.25) is 0 Å². The van der Waals surface area contributed by atoms with Gasteiger partial charge in [-0.25, -0.2) is 0 Å². The number of aryl methyl sites for hydroxylation is 2. The van der Waals surface area contributed by atoms with Gasteiger partial charge < -0.3 is 0 Å². The Kier molecular flexibility index (Phi) is 18.5. The zero-order valence-electron chi connectivity index (χ0n) is 40.9. The van der Waals surface area contributed by atoms with Crippen LogP contribution < -0.4 is 31.8 Å². The molecule has 0 bridgehead atoms. The van der Waals surface area contributed by atoms with E-state index in [1.807, 2.05) is 0 Å². The van der Waals surface area contributed by atoms with Crippen LogP contribution in [0.5, 0.6) is 0 Å². The van der Waals surface area contributed by atoms with E-state index in [1.165, 1.54) is 24.3 Å². The number of hydrogen-bond acceptors (Lipinski definition) is 0. The van der Waals surface area contributed by atoms with Crippen LogP contribution in [0, 0.1) is 0 Å². The maximum atomic E-state index is 15.1. The average molecular weight is 1480 g/mol. The molecule has 6 aromatic rings. The van der Waals surface area contributed by atoms with E-state index in [2.05, 4.69) is 0 Å². The second-order valence-electron chi connectivity index (χ2n) is 18.4. The van der Waals surface area contributed by atoms with Gasteiger partial charge in [-0.3, -0.25) is 0 Å². The molecule has 0 N–H and O–H groups in total. The standard InChI is InChI=1S/2C26H18F13P.2ClH.Pt/c2*27-21(28,22(29,30)23(31,32)24(33,34)25(35,36)26(37,38)39)16-15-17-11-13-20(14-12-17)40(18-7-3-1-4-8-18)19-9-5-2-6-10-19;;;/h2*1-14H,15-16H2;2*1H;. The molecular weight excluding hydrogens is 1450 g/mol. The Bertz CT molecular complexity index is 2850. The quantitative estimate of drug-likeness (QED) is 0.0469. The van der Waals surface area contributed by atoms with Gasteiger partial charge in [-0.2, -0.15) is 26.3 Å². The van der Waals surface area contributed by atoms with Gasteiger partial charge in [0, 0.05) is 0 Å². The predicted molar refractivity (Wildman–Crippen MR) is 263 cm³/mol. The van der Waals surface area contributed by atoms with E-state index in [4.69, 9.17) is 18.8 Å². The number of halogens is 28. The Morgan fingerprint density at radius 2 is 0.446 bits per heavy atom. The molecule has 0 nitrogen and oxygen atoms in total. The van der Waals surface area contributed by atoms with Crippen molar-refractivity contribution in [3.05, 3.63) is 181 Å². The summed E-state index contributed by atoms with van der Waals surface area (Å²) >= 11 is -5.57. The number of alkyl halides is 26. The molecule has 31 heteroatoms. The van der Waals surface area contributed by atoms with E-state index in [1.54, 1.807) is 121 Å². The van der Waals surface area contributed by atoms with Crippen molar-refractivity contribution in [2.75, 3.05) is 0 Å². The zero-order chi connectivity index (χ0) is 62.7. The van der Waals surface area contributed by atoms with Crippen molar-refractivity contribution in [3.63, 3.8) is 0 Å². The van der Waals surface area contributed by atoms with Gasteiger partial charge in [-0.1, -0.05) is 0 Å². The fourth-order valence-electron chi connectivity index (χ4n) is 8.80. The molecule has 0 amide bonds. The van der Waals surface area contributed by atoms with Crippen molar-refractivity contribution in [1.29, 1.82) is 0 Å². The summed E-state index contributed by atoms with van der Waals surface area (Å²) in [5, 5.41) is -7.03. The van der Waals surface area contributed by atoms with Crippen molar-refractivity contribution in [3.8, 4) is 0 Å². The SMILES string of the molecule is FC(F)(F)C(F)(F)C(F)(F)C(F)(F)C(F)(F)C(F)(F)CCc1ccc([PH](c2ccccc2)(c2ccccc2)[Pt]([Cl])([Cl])[PH](c2ccccc2)(c2ccccc2)c2ccc(CCC(F)(F)C(F)(F)C(F)(F)C(F)(F)C(F)(F)C(F)(F)F)cc2)cc1. The van der Waals surface area contributed by atoms with Gasteiger partial charge in [-0.15, -0.1) is 0 Å². The monoisotopic (exact) mass is 1480 g/mol. The molecule has 0 unspecified atom stereocenters. The van der Waals surface area contributed by atoms with E-state index in [9.17, 15) is 96.6 Å². The van der Waals surface area contributed by atoms with Gasteiger partial charge in [0.25, 0.3) is 0 Å². The topological polar surface area (TPSA) is 0 Å². The number of benzene rings is 6. The molecule has 0 aromatic heterocycles. The molecule has 83 heavy (non-hydrogen) atoms. The molecule has 0 aliphatic heterocycles. The summed E-state index contributed by atoms with van der Waals surface area (Å²) in [4.78, 5) is 0. The van der Waals surface area contributed by atoms with Crippen molar-refractivity contribution in [2.24, 2.45) is 0 Å². The summed E-state index contributed by atoms with van der Waals surface area (Å²) < 4.78 is 364. The molecule has 462 valence electrons. The molecule has 0 heterocycles. The van der Waals surface area contributed by atoms with Gasteiger partial charge in [0.1, 0.15) is 0 Å². The molecule has 0 saturated carbocycles. The third kappa shape index (κ3) is 10.7. The minimum atomic E-state index is -8.12. The van der Waals surface area contributed by atoms with Crippen molar-refractivity contribution < 1.29 is 127 Å². The fraction of sp³-hybridized carbons (Fsp3) is 0.308. The van der Waals surface area contributed by atoms with Crippen LogP contribution in [0.25, 0.3) is 0 Å². The van der Waals surface area contributed by atoms with Gasteiger partial charge in [-0.05, 0) is 0 Å². The molecule has 0 spiro atoms. The van der Waals surface area contributed by atoms with Crippen LogP contribution in [0.4, 0.5) is 114 Å². The molecule has 6 rings (SSSR count). The molecule has 0 aliphatic rings. The number of hydrogen-bond donors (Lipinski definition) is 0. The molecule has 0 radical (unpaired) electrons. The van der Waals surface area contributed by atoms with Crippen LogP contribution in [-0.4, -0.2) is 71.6 Å². The first-order valence-electron chi connectivity index (χ1n) is 23.2. The Morgan fingerprint density at radius 1 is 0.253 bits per heavy atom. The van der Waals surface area contributed by atoms with Crippen LogP contribution in [0.1, 0.15) is 24.0 Å². The number of rotatable bonds is 22. The third-order valence-electron chi connectivity index (χ3n) is 13.3. The van der Waals surface area contributed by atoms with E-state index >= 15 is 17.6 Å². The summed E-state index contributed by atoms with van der Waals surface area (Å²) in [7, 11) is 17.0. The first-order valence-corrected chi connectivity index (χ1v) is 39.2. The Labute approximate surface area is 464 Å². The maximum absolute atomic E-state index is 15.1. The normalized spacial score (nSPS) is 15.3. The zero-order valence-corrected chi connectivity index (χ0v) is 46.7. The van der Waals surface area contributed by atoms with Gasteiger partial charge in [0.05, 0.1) is 0 Å². The van der Waals surface area contributed by atoms with Crippen molar-refractivity contribution in [2.45, 2.75) is 97.3 Å². The van der Waals surface area contributed by atoms with Crippen molar-refractivity contribution >= 4 is 61.4 Å². The van der Waals surface area contributed by atoms with Crippen molar-refractivity contribution in [1.82, 2.24) is 0 Å². The Morgan fingerprint density at radius 3 is 0.651 bits per heavy atom. The van der Waals surface area contributed by atoms with Crippen LogP contribution in [0.15, 0.2) is 170 Å². The molecule has 6 aromatic carbocycles. The molecular formula is C52H38Cl2F26P2Pt. The van der Waals surface area contributed by atoms with Gasteiger partial charge in [0.15, 0.2) is 0 Å². The van der Waals surface area contributed by atoms with E-state index < -0.39 is 132 Å². The van der Waals surface area contributed by atoms with Crippen LogP contribution in [0.3, 0.4) is 0 Å². The second-order valence-corrected chi connectivity index (χ2v) is 61.0. The summed E-state index contributed by atoms with van der Waals surface area (Å²) in [6.07, 6.45) is -23.3. The first-order chi connectivity index (χ1) is 37.8. The summed E-state index contributed by atoms with van der Waals surface area (Å²) in [5.41, 5.74) is -0.953.